The fourth-order valence-corrected chi connectivity index (χ4v) is 1.08. The third-order valence-corrected chi connectivity index (χ3v) is 2.35. The Morgan fingerprint density at radius 3 is 2.22 bits per heavy atom. The largest absolute Gasteiger partial charge is 0.357 e. The van der Waals surface area contributed by atoms with Crippen molar-refractivity contribution >= 4 is 18.6 Å². The molecule has 0 bridgehead atoms. The minimum Gasteiger partial charge on any atom is -0.268 e. The molecular formula is C13H26O4S. The van der Waals surface area contributed by atoms with Gasteiger partial charge in [-0.25, -0.2) is 4.79 Å². The van der Waals surface area contributed by atoms with E-state index in [1.165, 1.54) is 25.7 Å². The van der Waals surface area contributed by atoms with Crippen molar-refractivity contribution in [2.75, 3.05) is 0 Å². The summed E-state index contributed by atoms with van der Waals surface area (Å²) in [5.74, 6) is 0.567. The molecule has 0 aromatic rings. The topological polar surface area (TPSA) is 44.8 Å². The van der Waals surface area contributed by atoms with E-state index in [0.29, 0.717) is 0 Å². The van der Waals surface area contributed by atoms with Gasteiger partial charge in [-0.3, -0.25) is 4.89 Å². The Labute approximate surface area is 116 Å². The van der Waals surface area contributed by atoms with Crippen molar-refractivity contribution in [1.82, 2.24) is 0 Å². The molecule has 1 saturated carbocycles. The molecule has 0 amide bonds. The highest BCUT2D eigenvalue weighted by atomic mass is 32.1. The third kappa shape index (κ3) is 12.2. The molecule has 0 heterocycles. The molecule has 5 heteroatoms. The van der Waals surface area contributed by atoms with Crippen LogP contribution in [0, 0.1) is 5.92 Å². The fraction of sp³-hybridized carbons (Fsp3) is 0.923. The molecule has 1 aliphatic carbocycles. The van der Waals surface area contributed by atoms with E-state index in [9.17, 15) is 4.79 Å². The summed E-state index contributed by atoms with van der Waals surface area (Å²) in [5, 5.41) is 3.70. The normalized spacial score (nSPS) is 16.6. The van der Waals surface area contributed by atoms with E-state index in [4.69, 9.17) is 0 Å². The lowest BCUT2D eigenvalue weighted by Gasteiger charge is -2.15. The molecule has 1 aliphatic rings. The minimum atomic E-state index is -0.581. The lowest BCUT2D eigenvalue weighted by molar-refractivity contribution is -0.514. The van der Waals surface area contributed by atoms with E-state index < -0.39 is 16.8 Å². The van der Waals surface area contributed by atoms with Gasteiger partial charge in [0.05, 0.1) is 5.60 Å². The van der Waals surface area contributed by atoms with Gasteiger partial charge in [0.1, 0.15) is 5.25 Å². The molecule has 0 aromatic carbocycles. The lowest BCUT2D eigenvalue weighted by Crippen LogP contribution is -2.22. The van der Waals surface area contributed by atoms with Crippen molar-refractivity contribution in [2.45, 2.75) is 71.2 Å². The maximum absolute atomic E-state index is 10.7. The van der Waals surface area contributed by atoms with Gasteiger partial charge in [-0.05, 0) is 38.7 Å². The Balaban J connectivity index is 0.000000397. The van der Waals surface area contributed by atoms with Crippen molar-refractivity contribution in [3.05, 3.63) is 0 Å². The summed E-state index contributed by atoms with van der Waals surface area (Å²) in [5.41, 5.74) is -0.500. The predicted molar refractivity (Wildman–Crippen MR) is 74.1 cm³/mol. The second kappa shape index (κ2) is 8.77. The molecule has 18 heavy (non-hydrogen) atoms. The van der Waals surface area contributed by atoms with Crippen molar-refractivity contribution in [3.63, 3.8) is 0 Å². The number of carbonyl (C=O) groups is 1. The van der Waals surface area contributed by atoms with Gasteiger partial charge in [-0.2, -0.15) is 17.5 Å². The standard InChI is InChI=1S/C7H14O4S.C6H12/c1-5(12)6(8)9-11-10-7(2,3)4;1-2-3-6-4-5-6/h5,12H,1-4H3;6H,2-5H2,1H3. The van der Waals surface area contributed by atoms with Crippen LogP contribution in [-0.4, -0.2) is 16.8 Å². The molecule has 1 atom stereocenters. The number of carbonyl (C=O) groups excluding carboxylic acids is 1. The lowest BCUT2D eigenvalue weighted by atomic mass is 10.2. The smallest absolute Gasteiger partial charge is 0.268 e. The average Bonchev–Trinajstić information content (AvgIpc) is 3.01. The monoisotopic (exact) mass is 278 g/mol. The van der Waals surface area contributed by atoms with E-state index in [1.807, 2.05) is 0 Å². The van der Waals surface area contributed by atoms with Crippen LogP contribution < -0.4 is 0 Å². The second-order valence-electron chi connectivity index (χ2n) is 5.57. The molecule has 0 spiro atoms. The van der Waals surface area contributed by atoms with Crippen molar-refractivity contribution < 1.29 is 19.6 Å². The zero-order valence-electron chi connectivity index (χ0n) is 12.1. The SMILES string of the molecule is CC(S)C(=O)OOOC(C)(C)C.CCCC1CC1. The Bertz CT molecular complexity index is 232. The molecule has 0 aromatic heterocycles. The van der Waals surface area contributed by atoms with Crippen LogP contribution in [0.4, 0.5) is 0 Å². The first kappa shape index (κ1) is 17.7. The van der Waals surface area contributed by atoms with Gasteiger partial charge in [0, 0.05) is 0 Å². The minimum absolute atomic E-state index is 0.500. The number of thiol groups is 1. The van der Waals surface area contributed by atoms with Crippen molar-refractivity contribution in [2.24, 2.45) is 5.92 Å². The molecule has 1 fully saturated rings. The molecule has 1 rings (SSSR count). The summed E-state index contributed by atoms with van der Waals surface area (Å²) >= 11 is 3.83. The first-order chi connectivity index (χ1) is 8.26. The van der Waals surface area contributed by atoms with Crippen LogP contribution in [-0.2, 0) is 19.6 Å². The highest BCUT2D eigenvalue weighted by Gasteiger charge is 2.18. The summed E-state index contributed by atoms with van der Waals surface area (Å²) in [6, 6.07) is 0. The molecule has 108 valence electrons. The van der Waals surface area contributed by atoms with Gasteiger partial charge >= 0.3 is 5.97 Å². The van der Waals surface area contributed by atoms with Gasteiger partial charge in [0.25, 0.3) is 0 Å². The molecule has 4 nitrogen and oxygen atoms in total. The van der Waals surface area contributed by atoms with E-state index in [2.05, 4.69) is 34.4 Å². The van der Waals surface area contributed by atoms with Crippen LogP contribution in [0.25, 0.3) is 0 Å². The van der Waals surface area contributed by atoms with E-state index in [-0.39, 0.29) is 0 Å². The van der Waals surface area contributed by atoms with Crippen LogP contribution in [0.15, 0.2) is 0 Å². The quantitative estimate of drug-likeness (QED) is 0.473. The Kier molecular flexibility index (Phi) is 8.65. The highest BCUT2D eigenvalue weighted by Crippen LogP contribution is 2.32. The fourth-order valence-electron chi connectivity index (χ4n) is 1.04. The Hall–Kier alpha value is -0.260. The number of rotatable bonds is 5. The summed E-state index contributed by atoms with van der Waals surface area (Å²) in [6.07, 6.45) is 5.92. The van der Waals surface area contributed by atoms with Gasteiger partial charge in [-0.1, -0.05) is 32.6 Å². The van der Waals surface area contributed by atoms with Crippen molar-refractivity contribution in [3.8, 4) is 0 Å². The van der Waals surface area contributed by atoms with E-state index in [1.54, 1.807) is 27.7 Å². The summed E-state index contributed by atoms with van der Waals surface area (Å²) < 4.78 is 0. The maximum Gasteiger partial charge on any atom is 0.357 e. The first-order valence-electron chi connectivity index (χ1n) is 6.50. The Morgan fingerprint density at radius 2 is 1.94 bits per heavy atom. The molecule has 0 radical (unpaired) electrons. The van der Waals surface area contributed by atoms with Gasteiger partial charge < -0.3 is 0 Å². The Morgan fingerprint density at radius 1 is 1.39 bits per heavy atom. The predicted octanol–water partition coefficient (Wildman–Crippen LogP) is 3.71. The van der Waals surface area contributed by atoms with Crippen LogP contribution in [0.2, 0.25) is 0 Å². The van der Waals surface area contributed by atoms with Crippen LogP contribution in [0.5, 0.6) is 0 Å². The summed E-state index contributed by atoms with van der Waals surface area (Å²) in [6.45, 7) is 9.14. The average molecular weight is 278 g/mol. The summed E-state index contributed by atoms with van der Waals surface area (Å²) in [7, 11) is 0. The molecule has 1 unspecified atom stereocenters. The molecule has 0 N–H and O–H groups in total. The highest BCUT2D eigenvalue weighted by molar-refractivity contribution is 7.81. The van der Waals surface area contributed by atoms with Crippen LogP contribution >= 0.6 is 12.6 Å². The second-order valence-corrected chi connectivity index (χ2v) is 6.35. The molecule has 0 saturated heterocycles. The van der Waals surface area contributed by atoms with Crippen LogP contribution in [0.1, 0.15) is 60.3 Å². The van der Waals surface area contributed by atoms with Crippen molar-refractivity contribution in [1.29, 1.82) is 0 Å². The zero-order valence-corrected chi connectivity index (χ0v) is 13.0. The molecular weight excluding hydrogens is 252 g/mol. The van der Waals surface area contributed by atoms with Gasteiger partial charge in [0.15, 0.2) is 0 Å². The first-order valence-corrected chi connectivity index (χ1v) is 7.02. The van der Waals surface area contributed by atoms with Gasteiger partial charge in [-0.15, -0.1) is 0 Å². The van der Waals surface area contributed by atoms with Gasteiger partial charge in [0.2, 0.25) is 0 Å². The van der Waals surface area contributed by atoms with E-state index >= 15 is 0 Å². The maximum atomic E-state index is 10.7. The number of hydrogen-bond acceptors (Lipinski definition) is 5. The zero-order chi connectivity index (χ0) is 14.2. The molecule has 0 aliphatic heterocycles. The van der Waals surface area contributed by atoms with E-state index in [0.717, 1.165) is 5.92 Å². The summed E-state index contributed by atoms with van der Waals surface area (Å²) in [4.78, 5) is 19.6. The number of hydrogen-bond donors (Lipinski definition) is 1. The van der Waals surface area contributed by atoms with Crippen LogP contribution in [0.3, 0.4) is 0 Å². The third-order valence-electron chi connectivity index (χ3n) is 2.14.